The van der Waals surface area contributed by atoms with Crippen molar-refractivity contribution in [3.63, 3.8) is 0 Å². The monoisotopic (exact) mass is 447 g/mol. The van der Waals surface area contributed by atoms with E-state index in [-0.39, 0.29) is 5.97 Å². The summed E-state index contributed by atoms with van der Waals surface area (Å²) in [6.07, 6.45) is 4.52. The van der Waals surface area contributed by atoms with Gasteiger partial charge in [0, 0.05) is 11.4 Å². The molecule has 6 rings (SSSR count). The number of carbonyl (C=O) groups excluding carboxylic acids is 2. The molecule has 2 N–H and O–H groups in total. The number of para-hydroxylation sites is 1. The van der Waals surface area contributed by atoms with Crippen molar-refractivity contribution in [2.45, 2.75) is 58.0 Å². The van der Waals surface area contributed by atoms with Crippen molar-refractivity contribution in [1.29, 1.82) is 5.26 Å². The summed E-state index contributed by atoms with van der Waals surface area (Å²) in [6.45, 7) is 3.33. The largest absolute Gasteiger partial charge is 0.455 e. The summed E-state index contributed by atoms with van der Waals surface area (Å²) < 4.78 is 7.34. The van der Waals surface area contributed by atoms with E-state index < -0.39 is 23.5 Å². The molecule has 4 saturated carbocycles. The van der Waals surface area contributed by atoms with Gasteiger partial charge in [0.15, 0.2) is 6.61 Å². The molecular weight excluding hydrogens is 418 g/mol. The minimum absolute atomic E-state index is 0.357. The summed E-state index contributed by atoms with van der Waals surface area (Å²) in [5, 5.41) is 23.4. The van der Waals surface area contributed by atoms with Crippen LogP contribution in [0, 0.1) is 42.4 Å². The van der Waals surface area contributed by atoms with Gasteiger partial charge in [0.2, 0.25) is 0 Å². The fourth-order valence-corrected chi connectivity index (χ4v) is 6.87. The Balaban J connectivity index is 1.32. The van der Waals surface area contributed by atoms with Crippen molar-refractivity contribution in [3.05, 3.63) is 47.2 Å². The normalized spacial score (nSPS) is 29.5. The highest BCUT2D eigenvalue weighted by Gasteiger charge is 2.60. The van der Waals surface area contributed by atoms with Gasteiger partial charge in [-0.3, -0.25) is 14.2 Å². The van der Waals surface area contributed by atoms with Crippen LogP contribution in [0.4, 0.5) is 5.82 Å². The number of esters is 1. The zero-order chi connectivity index (χ0) is 23.4. The third kappa shape index (κ3) is 3.63. The molecule has 4 aliphatic rings. The van der Waals surface area contributed by atoms with Crippen molar-refractivity contribution in [2.24, 2.45) is 17.3 Å². The minimum atomic E-state index is -0.765. The van der Waals surface area contributed by atoms with Gasteiger partial charge in [-0.15, -0.1) is 0 Å². The van der Waals surface area contributed by atoms with Crippen LogP contribution in [0.15, 0.2) is 30.3 Å². The SMILES string of the molecule is Cc1c(C#N)c(NC(=O)COC(=O)C23CC4CC(CC(O)(C4)C2)C3)n(-c2ccccc2)c1C. The minimum Gasteiger partial charge on any atom is -0.455 e. The van der Waals surface area contributed by atoms with Crippen LogP contribution in [0.2, 0.25) is 0 Å². The quantitative estimate of drug-likeness (QED) is 0.679. The lowest BCUT2D eigenvalue weighted by molar-refractivity contribution is -0.196. The molecule has 33 heavy (non-hydrogen) atoms. The lowest BCUT2D eigenvalue weighted by Gasteiger charge is -2.58. The van der Waals surface area contributed by atoms with Crippen molar-refractivity contribution in [1.82, 2.24) is 4.57 Å². The summed E-state index contributed by atoms with van der Waals surface area (Å²) in [5.41, 5.74) is 1.42. The first kappa shape index (κ1) is 21.7. The standard InChI is InChI=1S/C26H29N3O4/c1-16-17(2)29(20-6-4-3-5-7-20)23(21(16)13-27)28-22(30)14-33-24(31)25-9-18-8-19(10-25)12-26(32,11-18)15-25/h3-7,18-19,32H,8-12,14-15H2,1-2H3,(H,28,30). The van der Waals surface area contributed by atoms with Gasteiger partial charge in [-0.05, 0) is 81.9 Å². The van der Waals surface area contributed by atoms with Crippen LogP contribution in [0.1, 0.15) is 55.3 Å². The molecule has 2 aromatic rings. The van der Waals surface area contributed by atoms with Gasteiger partial charge in [-0.1, -0.05) is 18.2 Å². The predicted octanol–water partition coefficient (Wildman–Crippen LogP) is 3.78. The Morgan fingerprint density at radius 2 is 1.85 bits per heavy atom. The second-order valence-electron chi connectivity index (χ2n) is 10.3. The van der Waals surface area contributed by atoms with E-state index in [1.54, 1.807) is 0 Å². The Morgan fingerprint density at radius 1 is 1.18 bits per heavy atom. The number of carbonyl (C=O) groups is 2. The number of nitriles is 1. The second kappa shape index (κ2) is 7.74. The molecule has 0 radical (unpaired) electrons. The third-order valence-electron chi connectivity index (χ3n) is 7.90. The molecule has 1 aromatic carbocycles. The van der Waals surface area contributed by atoms with Crippen LogP contribution in [0.5, 0.6) is 0 Å². The molecule has 4 fully saturated rings. The number of aromatic nitrogens is 1. The lowest BCUT2D eigenvalue weighted by atomic mass is 9.48. The topological polar surface area (TPSA) is 104 Å². The van der Waals surface area contributed by atoms with Crippen LogP contribution in [0.25, 0.3) is 5.69 Å². The molecule has 2 atom stereocenters. The Hall–Kier alpha value is -3.11. The molecule has 0 saturated heterocycles. The maximum atomic E-state index is 13.1. The van der Waals surface area contributed by atoms with Crippen LogP contribution in [0.3, 0.4) is 0 Å². The number of aliphatic hydroxyl groups is 1. The molecular formula is C26H29N3O4. The van der Waals surface area contributed by atoms with Gasteiger partial charge in [-0.25, -0.2) is 0 Å². The molecule has 1 heterocycles. The highest BCUT2D eigenvalue weighted by Crippen LogP contribution is 2.61. The van der Waals surface area contributed by atoms with Gasteiger partial charge in [-0.2, -0.15) is 5.26 Å². The van der Waals surface area contributed by atoms with E-state index in [2.05, 4.69) is 11.4 Å². The predicted molar refractivity (Wildman–Crippen MR) is 122 cm³/mol. The number of hydrogen-bond acceptors (Lipinski definition) is 5. The number of anilines is 1. The molecule has 1 aromatic heterocycles. The summed E-state index contributed by atoms with van der Waals surface area (Å²) in [6, 6.07) is 11.7. The van der Waals surface area contributed by atoms with Crippen molar-refractivity contribution in [2.75, 3.05) is 11.9 Å². The highest BCUT2D eigenvalue weighted by atomic mass is 16.5. The number of ether oxygens (including phenoxy) is 1. The summed E-state index contributed by atoms with van der Waals surface area (Å²) in [7, 11) is 0. The Kier molecular flexibility index (Phi) is 5.09. The lowest BCUT2D eigenvalue weighted by Crippen LogP contribution is -2.58. The number of nitrogens with zero attached hydrogens (tertiary/aromatic N) is 2. The summed E-state index contributed by atoms with van der Waals surface area (Å²) in [4.78, 5) is 25.9. The molecule has 172 valence electrons. The van der Waals surface area contributed by atoms with Crippen molar-refractivity contribution in [3.8, 4) is 11.8 Å². The van der Waals surface area contributed by atoms with E-state index in [0.717, 1.165) is 49.0 Å². The van der Waals surface area contributed by atoms with E-state index in [4.69, 9.17) is 4.74 Å². The number of benzene rings is 1. The fourth-order valence-electron chi connectivity index (χ4n) is 6.87. The molecule has 7 nitrogen and oxygen atoms in total. The molecule has 4 bridgehead atoms. The highest BCUT2D eigenvalue weighted by molar-refractivity contribution is 5.94. The van der Waals surface area contributed by atoms with Crippen molar-refractivity contribution < 1.29 is 19.4 Å². The third-order valence-corrected chi connectivity index (χ3v) is 7.90. The van der Waals surface area contributed by atoms with Gasteiger partial charge in [0.25, 0.3) is 5.91 Å². The Bertz CT molecular complexity index is 1150. The Morgan fingerprint density at radius 3 is 2.45 bits per heavy atom. The fraction of sp³-hybridized carbons (Fsp3) is 0.500. The number of nitrogens with one attached hydrogen (secondary N) is 1. The van der Waals surface area contributed by atoms with Gasteiger partial charge < -0.3 is 15.2 Å². The van der Waals surface area contributed by atoms with E-state index in [9.17, 15) is 20.0 Å². The van der Waals surface area contributed by atoms with E-state index in [1.165, 1.54) is 0 Å². The van der Waals surface area contributed by atoms with E-state index in [1.807, 2.05) is 48.7 Å². The number of amides is 1. The van der Waals surface area contributed by atoms with Crippen molar-refractivity contribution >= 4 is 17.7 Å². The van der Waals surface area contributed by atoms with Crippen LogP contribution in [-0.2, 0) is 14.3 Å². The molecule has 2 unspecified atom stereocenters. The molecule has 0 spiro atoms. The molecule has 4 aliphatic carbocycles. The molecule has 0 aliphatic heterocycles. The van der Waals surface area contributed by atoms with Crippen LogP contribution in [-0.4, -0.2) is 33.8 Å². The van der Waals surface area contributed by atoms with Gasteiger partial charge >= 0.3 is 5.97 Å². The molecule has 7 heteroatoms. The van der Waals surface area contributed by atoms with E-state index >= 15 is 0 Å². The maximum Gasteiger partial charge on any atom is 0.312 e. The summed E-state index contributed by atoms with van der Waals surface area (Å²) >= 11 is 0. The maximum absolute atomic E-state index is 13.1. The number of hydrogen-bond donors (Lipinski definition) is 2. The zero-order valence-electron chi connectivity index (χ0n) is 19.1. The van der Waals surface area contributed by atoms with Crippen LogP contribution < -0.4 is 5.32 Å². The Labute approximate surface area is 193 Å². The average molecular weight is 448 g/mol. The second-order valence-corrected chi connectivity index (χ2v) is 10.3. The van der Waals surface area contributed by atoms with E-state index in [0.29, 0.717) is 29.6 Å². The summed E-state index contributed by atoms with van der Waals surface area (Å²) in [5.74, 6) is 0.227. The first-order valence-electron chi connectivity index (χ1n) is 11.6. The number of rotatable bonds is 5. The van der Waals surface area contributed by atoms with Gasteiger partial charge in [0.1, 0.15) is 11.9 Å². The first-order valence-corrected chi connectivity index (χ1v) is 11.6. The average Bonchev–Trinajstić information content (AvgIpc) is 2.99. The smallest absolute Gasteiger partial charge is 0.312 e. The van der Waals surface area contributed by atoms with Crippen LogP contribution >= 0.6 is 0 Å². The first-order chi connectivity index (χ1) is 15.7. The zero-order valence-corrected chi connectivity index (χ0v) is 19.1. The van der Waals surface area contributed by atoms with Gasteiger partial charge in [0.05, 0.1) is 16.6 Å². The molecule has 1 amide bonds.